The van der Waals surface area contributed by atoms with Crippen LogP contribution in [-0.2, 0) is 0 Å². The van der Waals surface area contributed by atoms with Crippen LogP contribution < -0.4 is 20.1 Å². The molecule has 2 atom stereocenters. The molecule has 33 heavy (non-hydrogen) atoms. The molecule has 2 aliphatic rings. The maximum Gasteiger partial charge on any atom is 0.127 e. The standard InChI is InChI=1S/C29H30O2P2/c1-23-18-19-29(27(22-23)31-3)33(25-14-8-5-9-15-25)21-20-32(24-12-6-4-7-13-24)28-17-11-10-16-26(28)30-2/h4-6,8,10-12,14,16-19,22H,9,15,20-21H2,1-3H3. The second-order valence-corrected chi connectivity index (χ2v) is 12.6. The van der Waals surface area contributed by atoms with Gasteiger partial charge in [0.2, 0.25) is 0 Å². The van der Waals surface area contributed by atoms with E-state index >= 15 is 0 Å². The van der Waals surface area contributed by atoms with E-state index < -0.39 is 15.8 Å². The topological polar surface area (TPSA) is 18.5 Å². The largest absolute Gasteiger partial charge is 0.496 e. The Kier molecular flexibility index (Phi) is 8.23. The highest BCUT2D eigenvalue weighted by atomic mass is 31.1. The van der Waals surface area contributed by atoms with Crippen molar-refractivity contribution >= 4 is 26.5 Å². The van der Waals surface area contributed by atoms with Crippen molar-refractivity contribution in [3.8, 4) is 11.5 Å². The maximum atomic E-state index is 5.86. The minimum Gasteiger partial charge on any atom is -0.496 e. The molecule has 0 fully saturated rings. The smallest absolute Gasteiger partial charge is 0.127 e. The van der Waals surface area contributed by atoms with Gasteiger partial charge >= 0.3 is 0 Å². The number of rotatable bonds is 9. The van der Waals surface area contributed by atoms with Crippen molar-refractivity contribution in [1.82, 2.24) is 0 Å². The summed E-state index contributed by atoms with van der Waals surface area (Å²) in [7, 11) is 2.42. The molecule has 0 radical (unpaired) electrons. The highest BCUT2D eigenvalue weighted by molar-refractivity contribution is 7.73. The number of hydrogen-bond donors (Lipinski definition) is 0. The lowest BCUT2D eigenvalue weighted by Gasteiger charge is -2.28. The average Bonchev–Trinajstić information content (AvgIpc) is 2.88. The van der Waals surface area contributed by atoms with Crippen molar-refractivity contribution in [1.29, 1.82) is 0 Å². The molecule has 0 aliphatic heterocycles. The molecule has 0 heterocycles. The van der Waals surface area contributed by atoms with Crippen LogP contribution >= 0.6 is 15.8 Å². The van der Waals surface area contributed by atoms with E-state index in [9.17, 15) is 0 Å². The van der Waals surface area contributed by atoms with Gasteiger partial charge in [0.25, 0.3) is 0 Å². The van der Waals surface area contributed by atoms with E-state index in [-0.39, 0.29) is 0 Å². The van der Waals surface area contributed by atoms with Crippen LogP contribution in [0.5, 0.6) is 11.5 Å². The Balaban J connectivity index is 1.72. The first-order chi connectivity index (χ1) is 16.2. The van der Waals surface area contributed by atoms with Gasteiger partial charge in [-0.15, -0.1) is 0 Å². The van der Waals surface area contributed by atoms with Crippen molar-refractivity contribution in [3.63, 3.8) is 0 Å². The Hall–Kier alpha value is -2.58. The molecule has 2 aromatic rings. The van der Waals surface area contributed by atoms with E-state index in [0.29, 0.717) is 0 Å². The molecule has 4 rings (SSSR count). The fourth-order valence-corrected chi connectivity index (χ4v) is 9.85. The van der Waals surface area contributed by atoms with Crippen LogP contribution in [0.25, 0.3) is 0 Å². The molecule has 2 unspecified atom stereocenters. The number of ether oxygens (including phenoxy) is 2. The highest BCUT2D eigenvalue weighted by Crippen LogP contribution is 2.54. The third-order valence-electron chi connectivity index (χ3n) is 5.81. The molecule has 0 bridgehead atoms. The van der Waals surface area contributed by atoms with E-state index in [1.807, 2.05) is 12.1 Å². The second-order valence-electron chi connectivity index (χ2n) is 7.96. The molecule has 0 N–H and O–H groups in total. The van der Waals surface area contributed by atoms with Crippen LogP contribution in [-0.4, -0.2) is 26.5 Å². The monoisotopic (exact) mass is 472 g/mol. The third-order valence-corrected chi connectivity index (χ3v) is 11.3. The van der Waals surface area contributed by atoms with Gasteiger partial charge in [0.1, 0.15) is 11.5 Å². The summed E-state index contributed by atoms with van der Waals surface area (Å²) in [5, 5.41) is 5.39. The lowest BCUT2D eigenvalue weighted by molar-refractivity contribution is 0.418. The van der Waals surface area contributed by atoms with Crippen LogP contribution in [0.15, 0.2) is 101 Å². The fraction of sp³-hybridized carbons (Fsp3) is 0.241. The van der Waals surface area contributed by atoms with Gasteiger partial charge in [0.05, 0.1) is 14.2 Å². The summed E-state index contributed by atoms with van der Waals surface area (Å²) < 4.78 is 11.6. The van der Waals surface area contributed by atoms with Crippen LogP contribution in [0, 0.1) is 6.92 Å². The number of para-hydroxylation sites is 1. The molecule has 0 amide bonds. The molecule has 168 valence electrons. The number of benzene rings is 2. The molecular formula is C29H30O2P2. The van der Waals surface area contributed by atoms with Crippen molar-refractivity contribution in [2.45, 2.75) is 19.8 Å². The first-order valence-electron chi connectivity index (χ1n) is 11.3. The minimum atomic E-state index is -0.623. The normalized spacial score (nSPS) is 16.2. The predicted octanol–water partition coefficient (Wildman–Crippen LogP) is 6.92. The molecule has 0 spiro atoms. The average molecular weight is 473 g/mol. The highest BCUT2D eigenvalue weighted by Gasteiger charge is 2.25. The zero-order valence-corrected chi connectivity index (χ0v) is 21.3. The zero-order valence-electron chi connectivity index (χ0n) is 19.5. The third kappa shape index (κ3) is 5.68. The Morgan fingerprint density at radius 2 is 1.70 bits per heavy atom. The molecule has 2 aliphatic carbocycles. The summed E-state index contributed by atoms with van der Waals surface area (Å²) in [4.78, 5) is 0. The maximum absolute atomic E-state index is 5.86. The summed E-state index contributed by atoms with van der Waals surface area (Å²) in [6, 6.07) is 15.1. The Morgan fingerprint density at radius 3 is 2.42 bits per heavy atom. The van der Waals surface area contributed by atoms with E-state index in [2.05, 4.69) is 85.2 Å². The van der Waals surface area contributed by atoms with E-state index in [4.69, 9.17) is 9.47 Å². The van der Waals surface area contributed by atoms with Crippen molar-refractivity contribution in [3.05, 3.63) is 107 Å². The van der Waals surface area contributed by atoms with Gasteiger partial charge in [-0.1, -0.05) is 66.1 Å². The van der Waals surface area contributed by atoms with Crippen molar-refractivity contribution in [2.24, 2.45) is 0 Å². The van der Waals surface area contributed by atoms with Gasteiger partial charge in [0, 0.05) is 15.9 Å². The number of allylic oxidation sites excluding steroid dienone is 8. The molecule has 0 saturated heterocycles. The summed E-state index contributed by atoms with van der Waals surface area (Å²) in [5.41, 5.74) is 7.80. The Morgan fingerprint density at radius 1 is 0.909 bits per heavy atom. The predicted molar refractivity (Wildman–Crippen MR) is 144 cm³/mol. The van der Waals surface area contributed by atoms with Crippen LogP contribution in [0.4, 0.5) is 0 Å². The second kappa shape index (κ2) is 11.5. The molecule has 2 nitrogen and oxygen atoms in total. The van der Waals surface area contributed by atoms with E-state index in [1.165, 1.54) is 21.5 Å². The lowest BCUT2D eigenvalue weighted by Crippen LogP contribution is -2.14. The molecule has 0 saturated carbocycles. The molecule has 2 aromatic carbocycles. The van der Waals surface area contributed by atoms with Gasteiger partial charge in [-0.2, -0.15) is 0 Å². The van der Waals surface area contributed by atoms with Gasteiger partial charge in [-0.05, 0) is 83.1 Å². The fourth-order valence-electron chi connectivity index (χ4n) is 4.17. The van der Waals surface area contributed by atoms with Gasteiger partial charge in [0.15, 0.2) is 0 Å². The first-order valence-corrected chi connectivity index (χ1v) is 14.3. The number of methoxy groups -OCH3 is 2. The lowest BCUT2D eigenvalue weighted by atomic mass is 10.2. The van der Waals surface area contributed by atoms with Crippen molar-refractivity contribution < 1.29 is 9.47 Å². The molecular weight excluding hydrogens is 442 g/mol. The Bertz CT molecular complexity index is 1190. The molecule has 4 heteroatoms. The van der Waals surface area contributed by atoms with Gasteiger partial charge in [-0.25, -0.2) is 0 Å². The zero-order chi connectivity index (χ0) is 23.0. The van der Waals surface area contributed by atoms with E-state index in [1.54, 1.807) is 19.5 Å². The summed E-state index contributed by atoms with van der Waals surface area (Å²) in [5.74, 6) is 1.97. The van der Waals surface area contributed by atoms with Crippen LogP contribution in [0.1, 0.15) is 18.4 Å². The minimum absolute atomic E-state index is 0.504. The van der Waals surface area contributed by atoms with Crippen LogP contribution in [0.3, 0.4) is 0 Å². The summed E-state index contributed by atoms with van der Waals surface area (Å²) >= 11 is 0. The van der Waals surface area contributed by atoms with Crippen molar-refractivity contribution in [2.75, 3.05) is 26.5 Å². The van der Waals surface area contributed by atoms with E-state index in [0.717, 1.165) is 36.7 Å². The summed E-state index contributed by atoms with van der Waals surface area (Å²) in [6.45, 7) is 2.12. The number of aryl methyl sites for hydroxylation is 1. The first kappa shape index (κ1) is 23.6. The Labute approximate surface area is 200 Å². The number of hydrogen-bond acceptors (Lipinski definition) is 2. The summed E-state index contributed by atoms with van der Waals surface area (Å²) in [6.07, 6.45) is 17.4. The van der Waals surface area contributed by atoms with Crippen LogP contribution in [0.2, 0.25) is 0 Å². The van der Waals surface area contributed by atoms with Gasteiger partial charge < -0.3 is 9.47 Å². The quantitative estimate of drug-likeness (QED) is 0.291. The molecule has 0 aromatic heterocycles. The SMILES string of the molecule is COc1ccccc1P(CCP(C1=CC=CCC1)c1ccc(C)cc1OC)C1=C=C=CC=C1. The van der Waals surface area contributed by atoms with Gasteiger partial charge in [-0.3, -0.25) is 0 Å².